The second-order valence-electron chi connectivity index (χ2n) is 6.93. The van der Waals surface area contributed by atoms with Crippen LogP contribution in [-0.4, -0.2) is 22.9 Å². The zero-order valence-corrected chi connectivity index (χ0v) is 15.2. The molecule has 7 heteroatoms. The lowest BCUT2D eigenvalue weighted by Gasteiger charge is -2.28. The molecule has 2 amide bonds. The highest BCUT2D eigenvalue weighted by atomic mass is 19.1. The third kappa shape index (κ3) is 2.78. The molecule has 0 radical (unpaired) electrons. The summed E-state index contributed by atoms with van der Waals surface area (Å²) in [5.41, 5.74) is 1.90. The number of fused-ring (bicyclic) bond motifs is 1. The zero-order chi connectivity index (χ0) is 20.0. The van der Waals surface area contributed by atoms with Crippen LogP contribution in [0.2, 0.25) is 0 Å². The molecule has 2 fully saturated rings. The molecule has 0 spiro atoms. The summed E-state index contributed by atoms with van der Waals surface area (Å²) in [6.45, 7) is 0. The van der Waals surface area contributed by atoms with Gasteiger partial charge in [0.25, 0.3) is 5.91 Å². The number of nitrogens with zero attached hydrogens (tertiary/aromatic N) is 3. The Bertz CT molecular complexity index is 1060. The lowest BCUT2D eigenvalue weighted by molar-refractivity contribution is -0.126. The molecule has 3 aromatic rings. The molecule has 2 aromatic carbocycles. The number of benzene rings is 2. The fraction of sp³-hybridized carbons (Fsp3) is 0.136. The molecular weight excluding hydrogens is 373 g/mol. The van der Waals surface area contributed by atoms with Gasteiger partial charge >= 0.3 is 0 Å². The third-order valence-corrected chi connectivity index (χ3v) is 5.26. The molecule has 2 aliphatic heterocycles. The van der Waals surface area contributed by atoms with Crippen molar-refractivity contribution in [1.29, 1.82) is 0 Å². The SMILES string of the molecule is O=C1[C@@H]2[C@H](ON(c3ccccc3)[C@H]2c2ccncc2)C(=O)N1c1ccc(F)cc1. The van der Waals surface area contributed by atoms with E-state index in [2.05, 4.69) is 4.98 Å². The second-order valence-corrected chi connectivity index (χ2v) is 6.93. The smallest absolute Gasteiger partial charge is 0.266 e. The Hall–Kier alpha value is -3.58. The van der Waals surface area contributed by atoms with Gasteiger partial charge in [-0.05, 0) is 54.1 Å². The fourth-order valence-electron chi connectivity index (χ4n) is 3.96. The van der Waals surface area contributed by atoms with Gasteiger partial charge in [-0.1, -0.05) is 18.2 Å². The molecule has 6 nitrogen and oxygen atoms in total. The predicted molar refractivity (Wildman–Crippen MR) is 103 cm³/mol. The number of hydrogen-bond acceptors (Lipinski definition) is 5. The van der Waals surface area contributed by atoms with Crippen LogP contribution in [0.4, 0.5) is 15.8 Å². The number of anilines is 2. The minimum Gasteiger partial charge on any atom is -0.273 e. The van der Waals surface area contributed by atoms with Crippen LogP contribution >= 0.6 is 0 Å². The average molecular weight is 389 g/mol. The number of imide groups is 1. The standard InChI is InChI=1S/C22H16FN3O3/c23-15-6-8-16(9-7-15)25-21(27)18-19(14-10-12-24-13-11-14)26(29-20(18)22(25)28)17-4-2-1-3-5-17/h1-13,18-20H/t18-,19-,20-/m0/s1. The van der Waals surface area contributed by atoms with Gasteiger partial charge in [0.1, 0.15) is 11.7 Å². The number of carbonyl (C=O) groups is 2. The Labute approximate surface area is 166 Å². The Morgan fingerprint density at radius 2 is 1.52 bits per heavy atom. The van der Waals surface area contributed by atoms with Gasteiger partial charge in [-0.15, -0.1) is 0 Å². The molecule has 144 valence electrons. The Morgan fingerprint density at radius 3 is 2.21 bits per heavy atom. The monoisotopic (exact) mass is 389 g/mol. The van der Waals surface area contributed by atoms with Crippen molar-refractivity contribution in [1.82, 2.24) is 4.98 Å². The number of rotatable bonds is 3. The number of hydrogen-bond donors (Lipinski definition) is 0. The van der Waals surface area contributed by atoms with Gasteiger partial charge in [-0.3, -0.25) is 19.4 Å². The third-order valence-electron chi connectivity index (χ3n) is 5.26. The van der Waals surface area contributed by atoms with Gasteiger partial charge in [-0.25, -0.2) is 14.4 Å². The minimum atomic E-state index is -0.953. The first-order valence-electron chi connectivity index (χ1n) is 9.19. The number of aromatic nitrogens is 1. The fourth-order valence-corrected chi connectivity index (χ4v) is 3.96. The lowest BCUT2D eigenvalue weighted by Crippen LogP contribution is -2.37. The van der Waals surface area contributed by atoms with Crippen LogP contribution < -0.4 is 9.96 Å². The topological polar surface area (TPSA) is 62.7 Å². The first-order valence-corrected chi connectivity index (χ1v) is 9.19. The van der Waals surface area contributed by atoms with E-state index >= 15 is 0 Å². The minimum absolute atomic E-state index is 0.333. The summed E-state index contributed by atoms with van der Waals surface area (Å²) in [5.74, 6) is -1.99. The van der Waals surface area contributed by atoms with Crippen LogP contribution in [0, 0.1) is 11.7 Å². The van der Waals surface area contributed by atoms with E-state index in [1.807, 2.05) is 42.5 Å². The summed E-state index contributed by atoms with van der Waals surface area (Å²) in [5, 5.41) is 1.63. The van der Waals surface area contributed by atoms with Crippen LogP contribution in [0.5, 0.6) is 0 Å². The summed E-state index contributed by atoms with van der Waals surface area (Å²) in [7, 11) is 0. The van der Waals surface area contributed by atoms with Crippen LogP contribution in [0.3, 0.4) is 0 Å². The highest BCUT2D eigenvalue weighted by molar-refractivity contribution is 6.23. The van der Waals surface area contributed by atoms with Crippen molar-refractivity contribution in [3.8, 4) is 0 Å². The maximum absolute atomic E-state index is 13.3. The maximum atomic E-state index is 13.3. The van der Waals surface area contributed by atoms with E-state index in [9.17, 15) is 14.0 Å². The highest BCUT2D eigenvalue weighted by Crippen LogP contribution is 2.47. The number of pyridine rings is 1. The largest absolute Gasteiger partial charge is 0.273 e. The van der Waals surface area contributed by atoms with E-state index in [1.165, 1.54) is 24.3 Å². The van der Waals surface area contributed by atoms with Crippen LogP contribution in [0.15, 0.2) is 79.1 Å². The van der Waals surface area contributed by atoms with Crippen molar-refractivity contribution >= 4 is 23.2 Å². The molecule has 5 rings (SSSR count). The van der Waals surface area contributed by atoms with Crippen molar-refractivity contribution in [2.24, 2.45) is 5.92 Å². The van der Waals surface area contributed by atoms with Crippen molar-refractivity contribution in [3.63, 3.8) is 0 Å². The first-order chi connectivity index (χ1) is 14.1. The Balaban J connectivity index is 1.58. The van der Waals surface area contributed by atoms with Crippen molar-refractivity contribution in [2.45, 2.75) is 12.1 Å². The number of para-hydroxylation sites is 1. The first kappa shape index (κ1) is 17.5. The van der Waals surface area contributed by atoms with E-state index in [0.717, 1.165) is 16.2 Å². The number of hydroxylamine groups is 1. The lowest BCUT2D eigenvalue weighted by atomic mass is 9.91. The van der Waals surface area contributed by atoms with Gasteiger partial charge in [0, 0.05) is 12.4 Å². The normalized spacial score (nSPS) is 23.6. The number of halogens is 1. The van der Waals surface area contributed by atoms with Crippen LogP contribution in [0.1, 0.15) is 11.6 Å². The molecule has 2 saturated heterocycles. The van der Waals surface area contributed by atoms with Crippen molar-refractivity contribution in [2.75, 3.05) is 9.96 Å². The van der Waals surface area contributed by atoms with Gasteiger partial charge < -0.3 is 0 Å². The maximum Gasteiger partial charge on any atom is 0.266 e. The summed E-state index contributed by atoms with van der Waals surface area (Å²) < 4.78 is 13.3. The Morgan fingerprint density at radius 1 is 0.828 bits per heavy atom. The molecule has 29 heavy (non-hydrogen) atoms. The van der Waals surface area contributed by atoms with Gasteiger partial charge in [0.2, 0.25) is 5.91 Å². The van der Waals surface area contributed by atoms with Crippen molar-refractivity contribution in [3.05, 3.63) is 90.5 Å². The van der Waals surface area contributed by atoms with E-state index in [0.29, 0.717) is 5.69 Å². The molecule has 0 unspecified atom stereocenters. The molecular formula is C22H16FN3O3. The summed E-state index contributed by atoms with van der Waals surface area (Å²) in [6.07, 6.45) is 2.33. The molecule has 0 bridgehead atoms. The second kappa shape index (κ2) is 6.79. The van der Waals surface area contributed by atoms with Gasteiger partial charge in [-0.2, -0.15) is 0 Å². The van der Waals surface area contributed by atoms with E-state index in [-0.39, 0.29) is 5.91 Å². The zero-order valence-electron chi connectivity index (χ0n) is 15.2. The molecule has 3 heterocycles. The Kier molecular flexibility index (Phi) is 4.10. The molecule has 1 aromatic heterocycles. The number of amides is 2. The molecule has 0 N–H and O–H groups in total. The summed E-state index contributed by atoms with van der Waals surface area (Å²) in [4.78, 5) is 37.6. The summed E-state index contributed by atoms with van der Waals surface area (Å²) in [6, 6.07) is 17.8. The average Bonchev–Trinajstić information content (AvgIpc) is 3.27. The molecule has 2 aliphatic rings. The molecule has 0 aliphatic carbocycles. The van der Waals surface area contributed by atoms with Crippen LogP contribution in [0.25, 0.3) is 0 Å². The van der Waals surface area contributed by atoms with Gasteiger partial charge in [0.15, 0.2) is 6.10 Å². The van der Waals surface area contributed by atoms with Crippen molar-refractivity contribution < 1.29 is 18.8 Å². The van der Waals surface area contributed by atoms with Gasteiger partial charge in [0.05, 0.1) is 17.4 Å². The molecule has 0 saturated carbocycles. The highest BCUT2D eigenvalue weighted by Gasteiger charge is 2.60. The van der Waals surface area contributed by atoms with E-state index in [1.54, 1.807) is 17.5 Å². The van der Waals surface area contributed by atoms with Crippen LogP contribution in [-0.2, 0) is 14.4 Å². The molecule has 3 atom stereocenters. The van der Waals surface area contributed by atoms with E-state index in [4.69, 9.17) is 4.84 Å². The predicted octanol–water partition coefficient (Wildman–Crippen LogP) is 3.27. The number of carbonyl (C=O) groups excluding carboxylic acids is 2. The summed E-state index contributed by atoms with van der Waals surface area (Å²) >= 11 is 0. The quantitative estimate of drug-likeness (QED) is 0.644. The van der Waals surface area contributed by atoms with E-state index < -0.39 is 29.8 Å².